The van der Waals surface area contributed by atoms with Crippen molar-refractivity contribution in [1.29, 1.82) is 0 Å². The molecule has 1 atom stereocenters. The van der Waals surface area contributed by atoms with Crippen LogP contribution in [0.1, 0.15) is 54.4 Å². The van der Waals surface area contributed by atoms with E-state index in [9.17, 15) is 13.2 Å². The number of rotatable bonds is 5. The van der Waals surface area contributed by atoms with Gasteiger partial charge in [0, 0.05) is 30.3 Å². The Morgan fingerprint density at radius 1 is 1.36 bits per heavy atom. The molecule has 2 aliphatic carbocycles. The SMILES string of the molecule is C[C@H](CS(C)(=O)=O)N(C(=O)c1noc2c1CCCC2)C1CC1. The van der Waals surface area contributed by atoms with Gasteiger partial charge in [0.15, 0.2) is 5.69 Å². The van der Waals surface area contributed by atoms with Crippen LogP contribution >= 0.6 is 0 Å². The molecule has 1 amide bonds. The summed E-state index contributed by atoms with van der Waals surface area (Å²) in [5.74, 6) is 0.626. The lowest BCUT2D eigenvalue weighted by molar-refractivity contribution is 0.0681. The molecule has 122 valence electrons. The predicted molar refractivity (Wildman–Crippen MR) is 81.5 cm³/mol. The Bertz CT molecular complexity index is 676. The van der Waals surface area contributed by atoms with Gasteiger partial charge < -0.3 is 9.42 Å². The molecule has 1 aromatic rings. The molecule has 1 fully saturated rings. The van der Waals surface area contributed by atoms with Gasteiger partial charge in [0.1, 0.15) is 15.6 Å². The van der Waals surface area contributed by atoms with E-state index in [1.807, 2.05) is 0 Å². The molecule has 0 saturated heterocycles. The molecule has 0 unspecified atom stereocenters. The lowest BCUT2D eigenvalue weighted by Gasteiger charge is -2.28. The highest BCUT2D eigenvalue weighted by molar-refractivity contribution is 7.90. The molecule has 7 heteroatoms. The second-order valence-electron chi connectivity index (χ2n) is 6.53. The van der Waals surface area contributed by atoms with E-state index in [1.165, 1.54) is 6.26 Å². The summed E-state index contributed by atoms with van der Waals surface area (Å²) in [7, 11) is -3.13. The van der Waals surface area contributed by atoms with E-state index in [1.54, 1.807) is 11.8 Å². The zero-order chi connectivity index (χ0) is 15.9. The van der Waals surface area contributed by atoms with Crippen LogP contribution in [0.2, 0.25) is 0 Å². The highest BCUT2D eigenvalue weighted by Gasteiger charge is 2.39. The summed E-state index contributed by atoms with van der Waals surface area (Å²) in [6.07, 6.45) is 6.82. The van der Waals surface area contributed by atoms with Crippen molar-refractivity contribution in [3.8, 4) is 0 Å². The van der Waals surface area contributed by atoms with Crippen LogP contribution in [0, 0.1) is 0 Å². The van der Waals surface area contributed by atoms with Gasteiger partial charge in [-0.1, -0.05) is 5.16 Å². The van der Waals surface area contributed by atoms with Gasteiger partial charge in [-0.3, -0.25) is 4.79 Å². The first-order valence-electron chi connectivity index (χ1n) is 7.84. The van der Waals surface area contributed by atoms with E-state index in [4.69, 9.17) is 4.52 Å². The van der Waals surface area contributed by atoms with Gasteiger partial charge in [-0.15, -0.1) is 0 Å². The quantitative estimate of drug-likeness (QED) is 0.821. The molecule has 22 heavy (non-hydrogen) atoms. The lowest BCUT2D eigenvalue weighted by Crippen LogP contribution is -2.44. The number of sulfone groups is 1. The molecule has 1 heterocycles. The number of carbonyl (C=O) groups is 1. The molecule has 3 rings (SSSR count). The smallest absolute Gasteiger partial charge is 0.276 e. The fourth-order valence-electron chi connectivity index (χ4n) is 3.27. The number of fused-ring (bicyclic) bond motifs is 1. The molecule has 6 nitrogen and oxygen atoms in total. The largest absolute Gasteiger partial charge is 0.360 e. The molecule has 1 saturated carbocycles. The zero-order valence-electron chi connectivity index (χ0n) is 13.0. The lowest BCUT2D eigenvalue weighted by atomic mass is 9.96. The van der Waals surface area contributed by atoms with E-state index in [-0.39, 0.29) is 23.7 Å². The summed E-state index contributed by atoms with van der Waals surface area (Å²) >= 11 is 0. The normalized spacial score (nSPS) is 19.5. The first-order chi connectivity index (χ1) is 10.4. The third-order valence-corrected chi connectivity index (χ3v) is 5.43. The van der Waals surface area contributed by atoms with Crippen LogP contribution in [-0.2, 0) is 22.7 Å². The molecule has 2 aliphatic rings. The second-order valence-corrected chi connectivity index (χ2v) is 8.71. The summed E-state index contributed by atoms with van der Waals surface area (Å²) in [6, 6.07) is -0.203. The van der Waals surface area contributed by atoms with Crippen LogP contribution in [0.15, 0.2) is 4.52 Å². The van der Waals surface area contributed by atoms with Crippen LogP contribution in [0.4, 0.5) is 0 Å². The van der Waals surface area contributed by atoms with E-state index < -0.39 is 9.84 Å². The number of nitrogens with zero attached hydrogens (tertiary/aromatic N) is 2. The first-order valence-corrected chi connectivity index (χ1v) is 9.90. The van der Waals surface area contributed by atoms with Crippen molar-refractivity contribution >= 4 is 15.7 Å². The maximum absolute atomic E-state index is 12.9. The number of hydrogen-bond acceptors (Lipinski definition) is 5. The maximum atomic E-state index is 12.9. The second kappa shape index (κ2) is 5.68. The Labute approximate surface area is 130 Å². The van der Waals surface area contributed by atoms with Crippen molar-refractivity contribution in [2.75, 3.05) is 12.0 Å². The average molecular weight is 326 g/mol. The predicted octanol–water partition coefficient (Wildman–Crippen LogP) is 1.59. The number of aromatic nitrogens is 1. The molecular weight excluding hydrogens is 304 g/mol. The van der Waals surface area contributed by atoms with Crippen molar-refractivity contribution in [2.24, 2.45) is 0 Å². The van der Waals surface area contributed by atoms with Gasteiger partial charge >= 0.3 is 0 Å². The number of aryl methyl sites for hydroxylation is 1. The molecule has 0 aromatic carbocycles. The summed E-state index contributed by atoms with van der Waals surface area (Å²) in [5.41, 5.74) is 1.32. The monoisotopic (exact) mass is 326 g/mol. The van der Waals surface area contributed by atoms with Crippen molar-refractivity contribution in [3.05, 3.63) is 17.0 Å². The number of amides is 1. The summed E-state index contributed by atoms with van der Waals surface area (Å²) in [5, 5.41) is 3.99. The Kier molecular flexibility index (Phi) is 4.01. The molecule has 0 aliphatic heterocycles. The molecule has 1 aromatic heterocycles. The minimum absolute atomic E-state index is 0.0186. The van der Waals surface area contributed by atoms with Gasteiger partial charge in [0.05, 0.1) is 5.75 Å². The van der Waals surface area contributed by atoms with Crippen LogP contribution in [0.5, 0.6) is 0 Å². The van der Waals surface area contributed by atoms with E-state index in [2.05, 4.69) is 5.16 Å². The highest BCUT2D eigenvalue weighted by atomic mass is 32.2. The minimum atomic E-state index is -3.13. The summed E-state index contributed by atoms with van der Waals surface area (Å²) < 4.78 is 28.4. The molecule has 0 radical (unpaired) electrons. The van der Waals surface area contributed by atoms with Crippen LogP contribution in [0.25, 0.3) is 0 Å². The third-order valence-electron chi connectivity index (χ3n) is 4.35. The van der Waals surface area contributed by atoms with Crippen molar-refractivity contribution in [1.82, 2.24) is 10.1 Å². The average Bonchev–Trinajstić information content (AvgIpc) is 3.15. The van der Waals surface area contributed by atoms with Crippen LogP contribution in [0.3, 0.4) is 0 Å². The van der Waals surface area contributed by atoms with Crippen molar-refractivity contribution < 1.29 is 17.7 Å². The first kappa shape index (κ1) is 15.5. The van der Waals surface area contributed by atoms with Gasteiger partial charge in [0.2, 0.25) is 0 Å². The van der Waals surface area contributed by atoms with Crippen LogP contribution in [-0.4, -0.2) is 48.5 Å². The molecule has 0 bridgehead atoms. The molecular formula is C15H22N2O4S. The van der Waals surface area contributed by atoms with Crippen molar-refractivity contribution in [3.63, 3.8) is 0 Å². The van der Waals surface area contributed by atoms with Crippen molar-refractivity contribution in [2.45, 2.75) is 57.5 Å². The van der Waals surface area contributed by atoms with E-state index in [0.29, 0.717) is 5.69 Å². The Hall–Kier alpha value is -1.37. The zero-order valence-corrected chi connectivity index (χ0v) is 13.9. The maximum Gasteiger partial charge on any atom is 0.276 e. The third kappa shape index (κ3) is 3.19. The molecule has 0 N–H and O–H groups in total. The van der Waals surface area contributed by atoms with Gasteiger partial charge in [0.25, 0.3) is 5.91 Å². The summed E-state index contributed by atoms with van der Waals surface area (Å²) in [4.78, 5) is 14.6. The molecule has 0 spiro atoms. The fourth-order valence-corrected chi connectivity index (χ4v) is 4.31. The van der Waals surface area contributed by atoms with Gasteiger partial charge in [-0.25, -0.2) is 8.42 Å². The number of hydrogen-bond donors (Lipinski definition) is 0. The minimum Gasteiger partial charge on any atom is -0.360 e. The Morgan fingerprint density at radius 3 is 2.68 bits per heavy atom. The van der Waals surface area contributed by atoms with Gasteiger partial charge in [-0.2, -0.15) is 0 Å². The topological polar surface area (TPSA) is 80.5 Å². The van der Waals surface area contributed by atoms with Crippen LogP contribution < -0.4 is 0 Å². The summed E-state index contributed by atoms with van der Waals surface area (Å²) in [6.45, 7) is 1.80. The Morgan fingerprint density at radius 2 is 2.05 bits per heavy atom. The highest BCUT2D eigenvalue weighted by Crippen LogP contribution is 2.32. The van der Waals surface area contributed by atoms with E-state index >= 15 is 0 Å². The van der Waals surface area contributed by atoms with Gasteiger partial charge in [-0.05, 0) is 39.0 Å². The van der Waals surface area contributed by atoms with E-state index in [0.717, 1.165) is 49.8 Å². The fraction of sp³-hybridized carbons (Fsp3) is 0.733. The Balaban J connectivity index is 1.86. The standard InChI is InChI=1S/C15H22N2O4S/c1-10(9-22(2,19)20)17(11-7-8-11)15(18)14-12-5-3-4-6-13(12)21-16-14/h10-11H,3-9H2,1-2H3/t10-/m1/s1. The number of carbonyl (C=O) groups excluding carboxylic acids is 1.